The first-order valence-corrected chi connectivity index (χ1v) is 11.4. The van der Waals surface area contributed by atoms with Crippen LogP contribution in [-0.4, -0.2) is 35.9 Å². The second-order valence-electron chi connectivity index (χ2n) is 8.87. The molecule has 2 atom stereocenters. The molecule has 1 aliphatic rings. The van der Waals surface area contributed by atoms with Crippen LogP contribution in [0, 0.1) is 6.92 Å². The Morgan fingerprint density at radius 1 is 1.00 bits per heavy atom. The van der Waals surface area contributed by atoms with Crippen molar-refractivity contribution < 1.29 is 19.0 Å². The van der Waals surface area contributed by atoms with E-state index >= 15 is 0 Å². The number of benzene rings is 3. The third-order valence-electron chi connectivity index (χ3n) is 6.09. The number of aryl methyl sites for hydroxylation is 1. The number of amides is 2. The number of hydrogen-bond acceptors (Lipinski definition) is 3. The fourth-order valence-corrected chi connectivity index (χ4v) is 4.04. The summed E-state index contributed by atoms with van der Waals surface area (Å²) in [6.45, 7) is 6.33. The topological polar surface area (TPSA) is 70.4 Å². The maximum absolute atomic E-state index is 13.0. The lowest BCUT2D eigenvalue weighted by molar-refractivity contribution is -0.596. The van der Waals surface area contributed by atoms with Gasteiger partial charge in [0.2, 0.25) is 12.3 Å². The summed E-state index contributed by atoms with van der Waals surface area (Å²) >= 11 is 0. The maximum Gasteiger partial charge on any atom is 0.304 e. The Morgan fingerprint density at radius 3 is 2.24 bits per heavy atom. The molecule has 6 nitrogen and oxygen atoms in total. The zero-order valence-corrected chi connectivity index (χ0v) is 19.9. The summed E-state index contributed by atoms with van der Waals surface area (Å²) in [4.78, 5) is 26.0. The van der Waals surface area contributed by atoms with Gasteiger partial charge in [-0.15, -0.1) is 10.1 Å². The molecule has 0 aromatic heterocycles. The minimum atomic E-state index is -0.761. The van der Waals surface area contributed by atoms with E-state index < -0.39 is 12.1 Å². The number of ether oxygens (including phenoxy) is 1. The fourth-order valence-electron chi connectivity index (χ4n) is 4.04. The highest BCUT2D eigenvalue weighted by Gasteiger charge is 2.47. The molecule has 6 heteroatoms. The average Bonchev–Trinajstić information content (AvgIpc) is 3.14. The van der Waals surface area contributed by atoms with Crippen LogP contribution in [0.15, 0.2) is 72.8 Å². The Morgan fingerprint density at radius 2 is 1.65 bits per heavy atom. The third kappa shape index (κ3) is 5.01. The van der Waals surface area contributed by atoms with Gasteiger partial charge in [0.05, 0.1) is 7.11 Å². The number of carbonyl (C=O) groups excluding carboxylic acids is 2. The Bertz CT molecular complexity index is 1200. The Hall–Kier alpha value is -3.93. The van der Waals surface area contributed by atoms with Gasteiger partial charge in [-0.25, -0.2) is 0 Å². The van der Waals surface area contributed by atoms with Gasteiger partial charge in [-0.2, -0.15) is 0 Å². The Kier molecular flexibility index (Phi) is 6.77. The minimum absolute atomic E-state index is 0.262. The monoisotopic (exact) mass is 456 g/mol. The zero-order chi connectivity index (χ0) is 24.2. The van der Waals surface area contributed by atoms with Gasteiger partial charge in [0.15, 0.2) is 6.04 Å². The highest BCUT2D eigenvalue weighted by atomic mass is 16.5. The van der Waals surface area contributed by atoms with Crippen molar-refractivity contribution in [1.82, 2.24) is 10.7 Å². The molecule has 2 N–H and O–H groups in total. The molecule has 0 unspecified atom stereocenters. The minimum Gasteiger partial charge on any atom is -0.497 e. The smallest absolute Gasteiger partial charge is 0.304 e. The van der Waals surface area contributed by atoms with Crippen LogP contribution in [0.2, 0.25) is 0 Å². The molecular weight excluding hydrogens is 426 g/mol. The molecule has 2 amide bonds. The first kappa shape index (κ1) is 23.2. The molecule has 1 saturated heterocycles. The van der Waals surface area contributed by atoms with E-state index in [4.69, 9.17) is 4.74 Å². The van der Waals surface area contributed by atoms with Crippen LogP contribution < -0.4 is 15.5 Å². The lowest BCUT2D eigenvalue weighted by Crippen LogP contribution is -2.42. The number of nitrogens with zero attached hydrogens (tertiary/aromatic N) is 1. The molecule has 3 aromatic carbocycles. The van der Waals surface area contributed by atoms with Gasteiger partial charge >= 0.3 is 5.91 Å². The molecule has 34 heavy (non-hydrogen) atoms. The normalized spacial score (nSPS) is 18.7. The summed E-state index contributed by atoms with van der Waals surface area (Å²) in [5.41, 5.74) is 7.66. The molecule has 3 aromatic rings. The largest absolute Gasteiger partial charge is 0.497 e. The van der Waals surface area contributed by atoms with E-state index in [2.05, 4.69) is 36.7 Å². The van der Waals surface area contributed by atoms with Crippen molar-refractivity contribution >= 4 is 18.0 Å². The van der Waals surface area contributed by atoms with E-state index in [1.165, 1.54) is 5.56 Å². The average molecular weight is 457 g/mol. The van der Waals surface area contributed by atoms with Gasteiger partial charge in [-0.1, -0.05) is 55.8 Å². The van der Waals surface area contributed by atoms with Crippen molar-refractivity contribution in [1.29, 1.82) is 0 Å². The molecule has 174 valence electrons. The van der Waals surface area contributed by atoms with Crippen LogP contribution in [-0.2, 0) is 4.79 Å². The van der Waals surface area contributed by atoms with Gasteiger partial charge in [0.25, 0.3) is 5.91 Å². The van der Waals surface area contributed by atoms with Crippen LogP contribution in [0.1, 0.15) is 58.4 Å². The highest BCUT2D eigenvalue weighted by molar-refractivity contribution is 5.98. The molecule has 1 fully saturated rings. The summed E-state index contributed by atoms with van der Waals surface area (Å²) in [6.07, 6.45) is 1.91. The first-order chi connectivity index (χ1) is 16.4. The lowest BCUT2D eigenvalue weighted by atomic mass is 9.98. The van der Waals surface area contributed by atoms with Crippen molar-refractivity contribution in [2.24, 2.45) is 0 Å². The molecule has 0 spiro atoms. The molecule has 1 aliphatic heterocycles. The van der Waals surface area contributed by atoms with Gasteiger partial charge in [-0.3, -0.25) is 9.59 Å². The van der Waals surface area contributed by atoms with Crippen molar-refractivity contribution in [2.75, 3.05) is 7.11 Å². The summed E-state index contributed by atoms with van der Waals surface area (Å²) < 4.78 is 6.96. The van der Waals surface area contributed by atoms with Crippen molar-refractivity contribution in [3.8, 4) is 5.75 Å². The number of carbonyl (C=O) groups is 2. The van der Waals surface area contributed by atoms with Crippen LogP contribution >= 0.6 is 0 Å². The number of nitrogens with one attached hydrogen (secondary N) is 2. The van der Waals surface area contributed by atoms with E-state index in [1.54, 1.807) is 36.1 Å². The molecule has 0 radical (unpaired) electrons. The summed E-state index contributed by atoms with van der Waals surface area (Å²) in [5.74, 6) is 0.529. The van der Waals surface area contributed by atoms with E-state index in [-0.39, 0.29) is 11.8 Å². The number of hydrogen-bond donors (Lipinski definition) is 2. The van der Waals surface area contributed by atoms with Crippen molar-refractivity contribution in [3.05, 3.63) is 101 Å². The second-order valence-corrected chi connectivity index (χ2v) is 8.87. The van der Waals surface area contributed by atoms with Crippen molar-refractivity contribution in [2.45, 2.75) is 38.8 Å². The van der Waals surface area contributed by atoms with Crippen LogP contribution in [0.5, 0.6) is 5.75 Å². The Labute approximate surface area is 200 Å². The molecule has 0 aliphatic carbocycles. The van der Waals surface area contributed by atoms with Crippen LogP contribution in [0.25, 0.3) is 0 Å². The summed E-state index contributed by atoms with van der Waals surface area (Å²) in [6, 6.07) is 21.9. The van der Waals surface area contributed by atoms with Gasteiger partial charge < -0.3 is 10.1 Å². The fraction of sp³-hybridized carbons (Fsp3) is 0.250. The van der Waals surface area contributed by atoms with E-state index in [0.717, 1.165) is 16.7 Å². The number of methoxy groups -OCH3 is 1. The van der Waals surface area contributed by atoms with E-state index in [1.807, 2.05) is 49.5 Å². The first-order valence-electron chi connectivity index (χ1n) is 11.4. The lowest BCUT2D eigenvalue weighted by Gasteiger charge is -2.15. The van der Waals surface area contributed by atoms with Crippen LogP contribution in [0.3, 0.4) is 0 Å². The molecule has 0 bridgehead atoms. The predicted octanol–water partition coefficient (Wildman–Crippen LogP) is 4.14. The van der Waals surface area contributed by atoms with E-state index in [0.29, 0.717) is 17.2 Å². The summed E-state index contributed by atoms with van der Waals surface area (Å²) in [5, 5.41) is 2.93. The van der Waals surface area contributed by atoms with Gasteiger partial charge in [0, 0.05) is 16.7 Å². The maximum atomic E-state index is 13.0. The van der Waals surface area contributed by atoms with Gasteiger partial charge in [-0.05, 0) is 54.8 Å². The number of rotatable bonds is 6. The number of hydrazine groups is 1. The standard InChI is InChI=1S/C28H29N3O3/c1-18(2)21-11-7-20(8-12-21)17-31-26(22-9-5-19(3)6-10-22)25(28(33)30-31)29-27(32)23-13-15-24(34-4)16-14-23/h5-18,25-26H,1-4H3,(H-,29,30,32,33)/p+1/b31-17-/t25-,26-/m0/s1. The van der Waals surface area contributed by atoms with Crippen molar-refractivity contribution in [3.63, 3.8) is 0 Å². The molecular formula is C28H30N3O3+. The SMILES string of the molecule is COc1ccc(C(=O)N[C@@H]2C(=O)N/[N+](=C\c3ccc(C(C)C)cc3)[C@H]2c2ccc(C)cc2)cc1. The van der Waals surface area contributed by atoms with E-state index in [9.17, 15) is 9.59 Å². The van der Waals surface area contributed by atoms with Gasteiger partial charge in [0.1, 0.15) is 5.75 Å². The second kappa shape index (κ2) is 9.91. The molecule has 4 rings (SSSR count). The predicted molar refractivity (Wildman–Crippen MR) is 132 cm³/mol. The Balaban J connectivity index is 1.66. The zero-order valence-electron chi connectivity index (χ0n) is 19.9. The summed E-state index contributed by atoms with van der Waals surface area (Å²) in [7, 11) is 1.57. The highest BCUT2D eigenvalue weighted by Crippen LogP contribution is 2.26. The molecule has 1 heterocycles. The number of hydrazone groups is 1. The quantitative estimate of drug-likeness (QED) is 0.548. The third-order valence-corrected chi connectivity index (χ3v) is 6.09. The molecule has 0 saturated carbocycles. The van der Waals surface area contributed by atoms with Crippen LogP contribution in [0.4, 0.5) is 0 Å².